The molecule has 7 heteroatoms. The van der Waals surface area contributed by atoms with E-state index in [1.165, 1.54) is 0 Å². The monoisotopic (exact) mass is 286 g/mol. The van der Waals surface area contributed by atoms with Crippen molar-refractivity contribution in [2.75, 3.05) is 11.9 Å². The second kappa shape index (κ2) is 5.28. The average molecular weight is 287 g/mol. The Morgan fingerprint density at radius 3 is 2.32 bits per heavy atom. The van der Waals surface area contributed by atoms with Gasteiger partial charge < -0.3 is 4.90 Å². The number of nitro groups is 1. The molecule has 0 aliphatic carbocycles. The van der Waals surface area contributed by atoms with Crippen LogP contribution in [-0.4, -0.2) is 28.0 Å². The average Bonchev–Trinajstić information content (AvgIpc) is 2.23. The molecule has 1 aromatic rings. The van der Waals surface area contributed by atoms with E-state index in [4.69, 9.17) is 11.6 Å². The third-order valence-corrected chi connectivity index (χ3v) is 3.53. The van der Waals surface area contributed by atoms with Crippen LogP contribution in [0.3, 0.4) is 0 Å². The summed E-state index contributed by atoms with van der Waals surface area (Å²) in [5.74, 6) is 0.255. The van der Waals surface area contributed by atoms with Gasteiger partial charge in [0.15, 0.2) is 0 Å². The Labute approximate surface area is 118 Å². The molecule has 0 N–H and O–H groups in total. The normalized spacial score (nSPS) is 13.2. The molecule has 1 atom stereocenters. The Kier molecular flexibility index (Phi) is 4.35. The van der Waals surface area contributed by atoms with Gasteiger partial charge in [-0.3, -0.25) is 10.1 Å². The summed E-state index contributed by atoms with van der Waals surface area (Å²) < 4.78 is 0. The highest BCUT2D eigenvalue weighted by atomic mass is 35.5. The van der Waals surface area contributed by atoms with Gasteiger partial charge in [-0.05, 0) is 30.9 Å². The minimum absolute atomic E-state index is 0.0195. The summed E-state index contributed by atoms with van der Waals surface area (Å²) in [5.41, 5.74) is 0.129. The van der Waals surface area contributed by atoms with Gasteiger partial charge in [-0.2, -0.15) is 4.98 Å². The summed E-state index contributed by atoms with van der Waals surface area (Å²) >= 11 is 5.82. The molecule has 0 fully saturated rings. The maximum absolute atomic E-state index is 11.2. The molecule has 6 nitrogen and oxygen atoms in total. The van der Waals surface area contributed by atoms with Crippen LogP contribution in [0.2, 0.25) is 5.28 Å². The minimum Gasteiger partial charge on any atom is -0.351 e. The fourth-order valence-electron chi connectivity index (χ4n) is 1.74. The third kappa shape index (κ3) is 3.32. The first-order chi connectivity index (χ1) is 8.55. The van der Waals surface area contributed by atoms with Crippen LogP contribution in [0, 0.1) is 22.5 Å². The lowest BCUT2D eigenvalue weighted by Crippen LogP contribution is -2.40. The SMILES string of the molecule is Cc1nc(Cl)nc(N(C)C(C)C(C)(C)C)c1[N+](=O)[O-]. The molecular weight excluding hydrogens is 268 g/mol. The number of nitrogens with zero attached hydrogens (tertiary/aromatic N) is 4. The molecule has 0 radical (unpaired) electrons. The molecule has 1 aromatic heterocycles. The van der Waals surface area contributed by atoms with Gasteiger partial charge in [0.25, 0.3) is 0 Å². The van der Waals surface area contributed by atoms with E-state index in [-0.39, 0.29) is 33.9 Å². The predicted molar refractivity (Wildman–Crippen MR) is 75.8 cm³/mol. The highest BCUT2D eigenvalue weighted by Gasteiger charge is 2.31. The highest BCUT2D eigenvalue weighted by molar-refractivity contribution is 6.28. The molecule has 1 heterocycles. The van der Waals surface area contributed by atoms with Crippen molar-refractivity contribution in [1.29, 1.82) is 0 Å². The van der Waals surface area contributed by atoms with E-state index >= 15 is 0 Å². The van der Waals surface area contributed by atoms with E-state index in [0.29, 0.717) is 0 Å². The van der Waals surface area contributed by atoms with Crippen molar-refractivity contribution in [2.45, 2.75) is 40.7 Å². The number of anilines is 1. The molecule has 0 saturated carbocycles. The first-order valence-electron chi connectivity index (χ1n) is 5.97. The lowest BCUT2D eigenvalue weighted by Gasteiger charge is -2.35. The summed E-state index contributed by atoms with van der Waals surface area (Å²) in [5, 5.41) is 11.2. The molecule has 0 saturated heterocycles. The van der Waals surface area contributed by atoms with Crippen molar-refractivity contribution >= 4 is 23.1 Å². The number of aryl methyl sites for hydroxylation is 1. The Bertz CT molecular complexity index is 499. The fraction of sp³-hybridized carbons (Fsp3) is 0.667. The summed E-state index contributed by atoms with van der Waals surface area (Å²) in [4.78, 5) is 20.4. The van der Waals surface area contributed by atoms with Crippen LogP contribution in [0.25, 0.3) is 0 Å². The van der Waals surface area contributed by atoms with Gasteiger partial charge in [0.05, 0.1) is 4.92 Å². The van der Waals surface area contributed by atoms with Crippen molar-refractivity contribution in [2.24, 2.45) is 5.41 Å². The molecule has 1 unspecified atom stereocenters. The Morgan fingerprint density at radius 1 is 1.37 bits per heavy atom. The van der Waals surface area contributed by atoms with Gasteiger partial charge in [0.1, 0.15) is 5.69 Å². The predicted octanol–water partition coefficient (Wildman–Crippen LogP) is 3.22. The number of aromatic nitrogens is 2. The zero-order valence-electron chi connectivity index (χ0n) is 12.1. The molecule has 0 spiro atoms. The molecule has 0 aliphatic heterocycles. The highest BCUT2D eigenvalue weighted by Crippen LogP contribution is 2.33. The van der Waals surface area contributed by atoms with Gasteiger partial charge in [-0.25, -0.2) is 4.98 Å². The van der Waals surface area contributed by atoms with Gasteiger partial charge in [-0.1, -0.05) is 20.8 Å². The van der Waals surface area contributed by atoms with E-state index in [0.717, 1.165) is 0 Å². The summed E-state index contributed by atoms with van der Waals surface area (Å²) in [6.45, 7) is 9.75. The van der Waals surface area contributed by atoms with E-state index in [1.807, 2.05) is 6.92 Å². The number of hydrogen-bond donors (Lipinski definition) is 0. The number of rotatable bonds is 3. The molecule has 0 amide bonds. The van der Waals surface area contributed by atoms with Gasteiger partial charge >= 0.3 is 5.69 Å². The maximum atomic E-state index is 11.2. The van der Waals surface area contributed by atoms with Crippen molar-refractivity contribution in [3.8, 4) is 0 Å². The number of halogens is 1. The van der Waals surface area contributed by atoms with Crippen molar-refractivity contribution in [1.82, 2.24) is 9.97 Å². The van der Waals surface area contributed by atoms with Gasteiger partial charge in [0, 0.05) is 13.1 Å². The smallest absolute Gasteiger partial charge is 0.332 e. The molecule has 19 heavy (non-hydrogen) atoms. The minimum atomic E-state index is -0.465. The van der Waals surface area contributed by atoms with Crippen molar-refractivity contribution in [3.05, 3.63) is 21.1 Å². The van der Waals surface area contributed by atoms with Crippen LogP contribution in [0.15, 0.2) is 0 Å². The lowest BCUT2D eigenvalue weighted by molar-refractivity contribution is -0.385. The van der Waals surface area contributed by atoms with Crippen molar-refractivity contribution < 1.29 is 4.92 Å². The zero-order valence-corrected chi connectivity index (χ0v) is 12.8. The van der Waals surface area contributed by atoms with Crippen LogP contribution in [-0.2, 0) is 0 Å². The summed E-state index contributed by atoms with van der Waals surface area (Å²) in [6.07, 6.45) is 0. The van der Waals surface area contributed by atoms with Gasteiger partial charge in [0.2, 0.25) is 11.1 Å². The van der Waals surface area contributed by atoms with Crippen LogP contribution in [0.4, 0.5) is 11.5 Å². The molecule has 0 bridgehead atoms. The molecule has 1 rings (SSSR count). The van der Waals surface area contributed by atoms with E-state index in [2.05, 4.69) is 30.7 Å². The quantitative estimate of drug-likeness (QED) is 0.485. The zero-order chi connectivity index (χ0) is 15.0. The Balaban J connectivity index is 3.37. The van der Waals surface area contributed by atoms with Gasteiger partial charge in [-0.15, -0.1) is 0 Å². The van der Waals surface area contributed by atoms with Crippen molar-refractivity contribution in [3.63, 3.8) is 0 Å². The van der Waals surface area contributed by atoms with E-state index in [1.54, 1.807) is 18.9 Å². The van der Waals surface area contributed by atoms with Crippen LogP contribution < -0.4 is 4.90 Å². The summed E-state index contributed by atoms with van der Waals surface area (Å²) in [6, 6.07) is 0.0524. The number of hydrogen-bond acceptors (Lipinski definition) is 5. The molecule has 0 aromatic carbocycles. The molecular formula is C12H19ClN4O2. The van der Waals surface area contributed by atoms with E-state index < -0.39 is 4.92 Å². The van der Waals surface area contributed by atoms with Crippen LogP contribution >= 0.6 is 11.6 Å². The maximum Gasteiger partial charge on any atom is 0.332 e. The first-order valence-corrected chi connectivity index (χ1v) is 6.35. The molecule has 106 valence electrons. The largest absolute Gasteiger partial charge is 0.351 e. The molecule has 0 aliphatic rings. The standard InChI is InChI=1S/C12H19ClN4O2/c1-7-9(17(18)19)10(15-11(13)14-7)16(6)8(2)12(3,4)5/h8H,1-6H3. The third-order valence-electron chi connectivity index (χ3n) is 3.36. The van der Waals surface area contributed by atoms with Crippen LogP contribution in [0.1, 0.15) is 33.4 Å². The fourth-order valence-corrected chi connectivity index (χ4v) is 1.95. The first kappa shape index (κ1) is 15.6. The second-order valence-electron chi connectivity index (χ2n) is 5.66. The van der Waals surface area contributed by atoms with Crippen LogP contribution in [0.5, 0.6) is 0 Å². The Morgan fingerprint density at radius 2 is 1.89 bits per heavy atom. The van der Waals surface area contributed by atoms with E-state index in [9.17, 15) is 10.1 Å². The summed E-state index contributed by atoms with van der Waals surface area (Å²) in [7, 11) is 1.78. The lowest BCUT2D eigenvalue weighted by atomic mass is 9.87. The Hall–Kier alpha value is -1.43. The topological polar surface area (TPSA) is 72.2 Å². The second-order valence-corrected chi connectivity index (χ2v) is 6.00.